The molecule has 0 saturated carbocycles. The van der Waals surface area contributed by atoms with Gasteiger partial charge in [0.15, 0.2) is 0 Å². The van der Waals surface area contributed by atoms with E-state index in [9.17, 15) is 8.42 Å². The third-order valence-corrected chi connectivity index (χ3v) is 5.11. The van der Waals surface area contributed by atoms with Crippen molar-refractivity contribution >= 4 is 45.6 Å². The number of hydrogen-bond acceptors (Lipinski definition) is 3. The highest BCUT2D eigenvalue weighted by Gasteiger charge is 2.22. The van der Waals surface area contributed by atoms with E-state index in [4.69, 9.17) is 23.2 Å². The van der Waals surface area contributed by atoms with Crippen molar-refractivity contribution < 1.29 is 8.42 Å². The fraction of sp³-hybridized carbons (Fsp3) is 0.500. The van der Waals surface area contributed by atoms with Gasteiger partial charge >= 0.3 is 0 Å². The molecule has 0 aliphatic carbocycles. The fourth-order valence-electron chi connectivity index (χ4n) is 2.11. The summed E-state index contributed by atoms with van der Waals surface area (Å²) in [4.78, 5) is 0. The Labute approximate surface area is 135 Å². The van der Waals surface area contributed by atoms with Gasteiger partial charge in [0, 0.05) is 28.2 Å². The molecule has 1 aromatic carbocycles. The summed E-state index contributed by atoms with van der Waals surface area (Å²) in [7, 11) is -3.44. The van der Waals surface area contributed by atoms with Gasteiger partial charge in [0.25, 0.3) is 0 Å². The van der Waals surface area contributed by atoms with Gasteiger partial charge in [-0.3, -0.25) is 0 Å². The monoisotopic (exact) mass is 358 g/mol. The van der Waals surface area contributed by atoms with Crippen molar-refractivity contribution in [3.63, 3.8) is 0 Å². The van der Waals surface area contributed by atoms with Gasteiger partial charge in [0.2, 0.25) is 10.0 Å². The number of piperidine rings is 1. The highest BCUT2D eigenvalue weighted by molar-refractivity contribution is 7.88. The molecule has 8 heteroatoms. The van der Waals surface area contributed by atoms with Crippen LogP contribution in [0.25, 0.3) is 0 Å². The normalized spacial score (nSPS) is 19.4. The van der Waals surface area contributed by atoms with Crippen molar-refractivity contribution in [3.05, 3.63) is 33.8 Å². The Morgan fingerprint density at radius 2 is 1.95 bits per heavy atom. The van der Waals surface area contributed by atoms with Gasteiger partial charge in [-0.2, -0.15) is 0 Å². The topological polar surface area (TPSA) is 58.2 Å². The lowest BCUT2D eigenvalue weighted by Gasteiger charge is -2.23. The molecule has 1 aliphatic rings. The number of hydrogen-bond donors (Lipinski definition) is 2. The van der Waals surface area contributed by atoms with Crippen LogP contribution in [0.5, 0.6) is 0 Å². The summed E-state index contributed by atoms with van der Waals surface area (Å²) in [5.41, 5.74) is 0.446. The fourth-order valence-corrected chi connectivity index (χ4v) is 4.28. The summed E-state index contributed by atoms with van der Waals surface area (Å²) in [5, 5.41) is 3.91. The lowest BCUT2D eigenvalue weighted by atomic mass is 10.1. The Morgan fingerprint density at radius 3 is 2.50 bits per heavy atom. The van der Waals surface area contributed by atoms with E-state index in [0.717, 1.165) is 19.4 Å². The molecule has 1 saturated heterocycles. The van der Waals surface area contributed by atoms with Crippen molar-refractivity contribution in [3.8, 4) is 0 Å². The van der Waals surface area contributed by atoms with Crippen LogP contribution in [0, 0.1) is 0 Å². The highest BCUT2D eigenvalue weighted by atomic mass is 35.5. The molecule has 2 N–H and O–H groups in total. The summed E-state index contributed by atoms with van der Waals surface area (Å²) in [6.45, 7) is 1.60. The van der Waals surface area contributed by atoms with E-state index in [1.54, 1.807) is 18.2 Å². The van der Waals surface area contributed by atoms with Crippen LogP contribution in [0.2, 0.25) is 10.0 Å². The Hall–Kier alpha value is -0.0400. The molecule has 0 amide bonds. The maximum absolute atomic E-state index is 12.1. The smallest absolute Gasteiger partial charge is 0.216 e. The lowest BCUT2D eigenvalue weighted by Crippen LogP contribution is -2.45. The molecule has 2 rings (SSSR count). The molecule has 1 atom stereocenters. The lowest BCUT2D eigenvalue weighted by molar-refractivity contribution is 0.428. The molecule has 114 valence electrons. The Balaban J connectivity index is 0.00000200. The van der Waals surface area contributed by atoms with E-state index in [1.165, 1.54) is 0 Å². The van der Waals surface area contributed by atoms with Gasteiger partial charge in [-0.25, -0.2) is 13.1 Å². The average Bonchev–Trinajstić information content (AvgIpc) is 2.35. The van der Waals surface area contributed by atoms with E-state index >= 15 is 0 Å². The predicted molar refractivity (Wildman–Crippen MR) is 85.4 cm³/mol. The first kappa shape index (κ1) is 18.0. The summed E-state index contributed by atoms with van der Waals surface area (Å²) in [6.07, 6.45) is 1.82. The van der Waals surface area contributed by atoms with Crippen molar-refractivity contribution in [2.24, 2.45) is 0 Å². The molecule has 20 heavy (non-hydrogen) atoms. The first-order chi connectivity index (χ1) is 8.98. The first-order valence-electron chi connectivity index (χ1n) is 6.11. The number of nitrogens with one attached hydrogen (secondary N) is 2. The van der Waals surface area contributed by atoms with E-state index in [1.807, 2.05) is 0 Å². The number of benzene rings is 1. The van der Waals surface area contributed by atoms with Gasteiger partial charge in [0.1, 0.15) is 0 Å². The Morgan fingerprint density at radius 1 is 1.30 bits per heavy atom. The summed E-state index contributed by atoms with van der Waals surface area (Å²) >= 11 is 12.0. The van der Waals surface area contributed by atoms with Crippen LogP contribution in [0.1, 0.15) is 18.4 Å². The second kappa shape index (κ2) is 7.82. The summed E-state index contributed by atoms with van der Waals surface area (Å²) in [5.74, 6) is -0.192. The molecule has 0 aromatic heterocycles. The quantitative estimate of drug-likeness (QED) is 0.869. The van der Waals surface area contributed by atoms with Gasteiger partial charge < -0.3 is 5.32 Å². The molecule has 1 aromatic rings. The number of sulfonamides is 1. The van der Waals surface area contributed by atoms with Gasteiger partial charge in [0.05, 0.1) is 5.75 Å². The molecule has 0 bridgehead atoms. The molecule has 0 spiro atoms. The standard InChI is InChI=1S/C12H16Cl2N2O2S.ClH/c13-11-4-1-5-12(14)10(11)8-19(17,18)16-9-3-2-6-15-7-9;/h1,4-5,9,15-16H,2-3,6-8H2;1H. The maximum Gasteiger partial charge on any atom is 0.216 e. The second-order valence-corrected chi connectivity index (χ2v) is 7.19. The van der Waals surface area contributed by atoms with E-state index in [-0.39, 0.29) is 24.2 Å². The number of rotatable bonds is 4. The Bertz CT molecular complexity index is 525. The minimum atomic E-state index is -3.44. The van der Waals surface area contributed by atoms with Crippen LogP contribution in [-0.4, -0.2) is 27.5 Å². The van der Waals surface area contributed by atoms with Crippen LogP contribution in [-0.2, 0) is 15.8 Å². The van der Waals surface area contributed by atoms with Crippen LogP contribution >= 0.6 is 35.6 Å². The van der Waals surface area contributed by atoms with Crippen molar-refractivity contribution in [2.45, 2.75) is 24.6 Å². The zero-order valence-corrected chi connectivity index (χ0v) is 13.9. The molecule has 1 aliphatic heterocycles. The third kappa shape index (κ3) is 5.06. The molecule has 4 nitrogen and oxygen atoms in total. The number of halogens is 3. The van der Waals surface area contributed by atoms with Crippen LogP contribution in [0.15, 0.2) is 18.2 Å². The van der Waals surface area contributed by atoms with Crippen molar-refractivity contribution in [1.82, 2.24) is 10.0 Å². The average molecular weight is 360 g/mol. The maximum atomic E-state index is 12.1. The van der Waals surface area contributed by atoms with Gasteiger partial charge in [-0.1, -0.05) is 29.3 Å². The molecule has 1 fully saturated rings. The van der Waals surface area contributed by atoms with Crippen LogP contribution < -0.4 is 10.0 Å². The van der Waals surface area contributed by atoms with Crippen molar-refractivity contribution in [1.29, 1.82) is 0 Å². The largest absolute Gasteiger partial charge is 0.315 e. The summed E-state index contributed by atoms with van der Waals surface area (Å²) < 4.78 is 26.9. The minimum absolute atomic E-state index is 0. The zero-order valence-electron chi connectivity index (χ0n) is 10.7. The molecule has 1 unspecified atom stereocenters. The van der Waals surface area contributed by atoms with E-state index in [0.29, 0.717) is 22.2 Å². The van der Waals surface area contributed by atoms with Crippen LogP contribution in [0.4, 0.5) is 0 Å². The first-order valence-corrected chi connectivity index (χ1v) is 8.52. The molecule has 1 heterocycles. The Kier molecular flexibility index (Phi) is 7.04. The van der Waals surface area contributed by atoms with Crippen LogP contribution in [0.3, 0.4) is 0 Å². The predicted octanol–water partition coefficient (Wildman–Crippen LogP) is 2.59. The molecule has 0 radical (unpaired) electrons. The molecular formula is C12H17Cl3N2O2S. The second-order valence-electron chi connectivity index (χ2n) is 4.62. The zero-order chi connectivity index (χ0) is 13.9. The van der Waals surface area contributed by atoms with Gasteiger partial charge in [-0.15, -0.1) is 12.4 Å². The summed E-state index contributed by atoms with van der Waals surface area (Å²) in [6, 6.07) is 4.92. The third-order valence-electron chi connectivity index (χ3n) is 3.04. The van der Waals surface area contributed by atoms with E-state index in [2.05, 4.69) is 10.0 Å². The highest BCUT2D eigenvalue weighted by Crippen LogP contribution is 2.26. The molecular weight excluding hydrogens is 343 g/mol. The minimum Gasteiger partial charge on any atom is -0.315 e. The SMILES string of the molecule is Cl.O=S(=O)(Cc1c(Cl)cccc1Cl)NC1CCCNC1. The van der Waals surface area contributed by atoms with Gasteiger partial charge in [-0.05, 0) is 31.5 Å². The van der Waals surface area contributed by atoms with Crippen molar-refractivity contribution in [2.75, 3.05) is 13.1 Å². The van der Waals surface area contributed by atoms with E-state index < -0.39 is 10.0 Å².